The molecule has 32 heavy (non-hydrogen) atoms. The third-order valence-corrected chi connectivity index (χ3v) is 6.14. The molecule has 0 unspecified atom stereocenters. The molecule has 2 fully saturated rings. The Morgan fingerprint density at radius 2 is 2.03 bits per heavy atom. The van der Waals surface area contributed by atoms with E-state index in [-0.39, 0.29) is 22.1 Å². The van der Waals surface area contributed by atoms with E-state index in [1.165, 1.54) is 24.1 Å². The number of nitrogens with one attached hydrogen (secondary N) is 1. The van der Waals surface area contributed by atoms with Crippen LogP contribution in [0.3, 0.4) is 0 Å². The number of benzene rings is 1. The zero-order valence-corrected chi connectivity index (χ0v) is 17.5. The van der Waals surface area contributed by atoms with Crippen molar-refractivity contribution in [2.75, 3.05) is 16.8 Å². The zero-order chi connectivity index (χ0) is 23.2. The van der Waals surface area contributed by atoms with Crippen molar-refractivity contribution in [1.29, 1.82) is 5.26 Å². The van der Waals surface area contributed by atoms with Crippen molar-refractivity contribution in [3.05, 3.63) is 53.1 Å². The van der Waals surface area contributed by atoms with Gasteiger partial charge in [-0.1, -0.05) is 0 Å². The molecule has 1 spiro atoms. The van der Waals surface area contributed by atoms with Crippen LogP contribution >= 0.6 is 12.2 Å². The average molecular weight is 459 g/mol. The number of hydrogen-bond donors (Lipinski definition) is 1. The quantitative estimate of drug-likeness (QED) is 0.705. The van der Waals surface area contributed by atoms with Gasteiger partial charge in [-0.2, -0.15) is 5.26 Å². The summed E-state index contributed by atoms with van der Waals surface area (Å²) in [6, 6.07) is 6.52. The molecule has 164 valence electrons. The summed E-state index contributed by atoms with van der Waals surface area (Å²) in [4.78, 5) is 31.6. The number of alkyl halides is 2. The Kier molecular flexibility index (Phi) is 5.34. The summed E-state index contributed by atoms with van der Waals surface area (Å²) < 4.78 is 41.5. The Labute approximate surface area is 186 Å². The standard InChI is InChI=1S/C21H16F3N5O2S/c1-26-18(30)13-4-3-11(8-15(13)22)29-20(32)28(19(31)21(29)5-2-6-21)12-7-14(17(23)24)16(9-25)27-10-12/h3-4,7-8,10,17H,2,5-6H2,1H3,(H,26,30). The van der Waals surface area contributed by atoms with Gasteiger partial charge >= 0.3 is 0 Å². The molecular formula is C21H16F3N5O2S. The molecule has 1 saturated carbocycles. The summed E-state index contributed by atoms with van der Waals surface area (Å²) in [5, 5.41) is 11.4. The van der Waals surface area contributed by atoms with Crippen molar-refractivity contribution < 1.29 is 22.8 Å². The number of nitriles is 1. The van der Waals surface area contributed by atoms with Gasteiger partial charge in [-0.3, -0.25) is 14.5 Å². The number of anilines is 2. The number of pyridine rings is 1. The second kappa shape index (κ2) is 7.87. The van der Waals surface area contributed by atoms with E-state index in [0.29, 0.717) is 12.8 Å². The molecule has 1 aromatic carbocycles. The molecule has 0 atom stereocenters. The normalized spacial score (nSPS) is 17.0. The maximum atomic E-state index is 14.6. The summed E-state index contributed by atoms with van der Waals surface area (Å²) >= 11 is 5.52. The van der Waals surface area contributed by atoms with Gasteiger partial charge < -0.3 is 10.2 Å². The van der Waals surface area contributed by atoms with Crippen LogP contribution in [0.4, 0.5) is 24.5 Å². The molecule has 1 aromatic heterocycles. The zero-order valence-electron chi connectivity index (χ0n) is 16.7. The molecule has 1 aliphatic heterocycles. The lowest BCUT2D eigenvalue weighted by atomic mass is 9.75. The molecule has 2 amide bonds. The number of carbonyl (C=O) groups excluding carboxylic acids is 2. The fraction of sp³-hybridized carbons (Fsp3) is 0.286. The van der Waals surface area contributed by atoms with Crippen LogP contribution in [0.25, 0.3) is 0 Å². The smallest absolute Gasteiger partial charge is 0.266 e. The largest absolute Gasteiger partial charge is 0.355 e. The Hall–Kier alpha value is -3.52. The predicted octanol–water partition coefficient (Wildman–Crippen LogP) is 3.45. The number of thiocarbonyl (C=S) groups is 1. The van der Waals surface area contributed by atoms with Gasteiger partial charge in [-0.05, 0) is 55.7 Å². The van der Waals surface area contributed by atoms with Gasteiger partial charge in [-0.15, -0.1) is 0 Å². The SMILES string of the molecule is CNC(=O)c1ccc(N2C(=S)N(c3cnc(C#N)c(C(F)F)c3)C(=O)C23CCC3)cc1F. The molecular weight excluding hydrogens is 443 g/mol. The highest BCUT2D eigenvalue weighted by molar-refractivity contribution is 7.81. The molecule has 2 aliphatic rings. The van der Waals surface area contributed by atoms with E-state index in [0.717, 1.165) is 29.7 Å². The van der Waals surface area contributed by atoms with Crippen molar-refractivity contribution in [3.63, 3.8) is 0 Å². The molecule has 11 heteroatoms. The van der Waals surface area contributed by atoms with Crippen molar-refractivity contribution in [1.82, 2.24) is 10.3 Å². The molecule has 2 heterocycles. The second-order valence-electron chi connectivity index (χ2n) is 7.43. The molecule has 1 N–H and O–H groups in total. The highest BCUT2D eigenvalue weighted by Gasteiger charge is 2.59. The van der Waals surface area contributed by atoms with Crippen LogP contribution in [0.2, 0.25) is 0 Å². The van der Waals surface area contributed by atoms with E-state index in [2.05, 4.69) is 10.3 Å². The molecule has 0 radical (unpaired) electrons. The van der Waals surface area contributed by atoms with Gasteiger partial charge in [0, 0.05) is 12.7 Å². The highest BCUT2D eigenvalue weighted by Crippen LogP contribution is 2.48. The lowest BCUT2D eigenvalue weighted by Gasteiger charge is -2.43. The van der Waals surface area contributed by atoms with Crippen molar-refractivity contribution >= 4 is 40.5 Å². The van der Waals surface area contributed by atoms with Gasteiger partial charge in [0.05, 0.1) is 23.0 Å². The summed E-state index contributed by atoms with van der Waals surface area (Å²) in [5.41, 5.74) is -2.01. The first-order valence-electron chi connectivity index (χ1n) is 9.63. The van der Waals surface area contributed by atoms with E-state index >= 15 is 0 Å². The van der Waals surface area contributed by atoms with Gasteiger partial charge in [0.1, 0.15) is 23.1 Å². The highest BCUT2D eigenvalue weighted by atomic mass is 32.1. The molecule has 1 saturated heterocycles. The van der Waals surface area contributed by atoms with Gasteiger partial charge in [0.25, 0.3) is 18.2 Å². The van der Waals surface area contributed by atoms with Crippen LogP contribution < -0.4 is 15.1 Å². The maximum absolute atomic E-state index is 14.6. The van der Waals surface area contributed by atoms with Gasteiger partial charge in [-0.25, -0.2) is 18.2 Å². The number of hydrogen-bond acceptors (Lipinski definition) is 5. The fourth-order valence-corrected chi connectivity index (χ4v) is 4.49. The third-order valence-electron chi connectivity index (χ3n) is 5.78. The summed E-state index contributed by atoms with van der Waals surface area (Å²) in [5.74, 6) is -1.82. The Balaban J connectivity index is 1.79. The minimum atomic E-state index is -2.97. The van der Waals surface area contributed by atoms with Gasteiger partial charge in [0.15, 0.2) is 5.11 Å². The van der Waals surface area contributed by atoms with E-state index in [1.807, 2.05) is 0 Å². The first kappa shape index (κ1) is 21.7. The minimum absolute atomic E-state index is 0.00512. The van der Waals surface area contributed by atoms with Crippen LogP contribution in [-0.4, -0.2) is 34.5 Å². The predicted molar refractivity (Wildman–Crippen MR) is 113 cm³/mol. The van der Waals surface area contributed by atoms with Crippen LogP contribution in [0, 0.1) is 17.1 Å². The minimum Gasteiger partial charge on any atom is -0.355 e. The monoisotopic (exact) mass is 459 g/mol. The van der Waals surface area contributed by atoms with Crippen LogP contribution in [0.1, 0.15) is 47.3 Å². The molecule has 0 bridgehead atoms. The van der Waals surface area contributed by atoms with E-state index in [9.17, 15) is 22.8 Å². The first-order chi connectivity index (χ1) is 15.2. The molecule has 2 aromatic rings. The van der Waals surface area contributed by atoms with E-state index in [4.69, 9.17) is 17.5 Å². The lowest BCUT2D eigenvalue weighted by molar-refractivity contribution is -0.123. The number of nitrogens with zero attached hydrogens (tertiary/aromatic N) is 4. The Bertz CT molecular complexity index is 1190. The van der Waals surface area contributed by atoms with Crippen molar-refractivity contribution in [3.8, 4) is 6.07 Å². The van der Waals surface area contributed by atoms with Gasteiger partial charge in [0.2, 0.25) is 0 Å². The van der Waals surface area contributed by atoms with E-state index in [1.54, 1.807) is 6.07 Å². The van der Waals surface area contributed by atoms with Crippen LogP contribution in [0.5, 0.6) is 0 Å². The van der Waals surface area contributed by atoms with Crippen LogP contribution in [0.15, 0.2) is 30.5 Å². The van der Waals surface area contributed by atoms with Crippen LogP contribution in [-0.2, 0) is 4.79 Å². The number of aromatic nitrogens is 1. The Morgan fingerprint density at radius 1 is 1.31 bits per heavy atom. The summed E-state index contributed by atoms with van der Waals surface area (Å²) in [7, 11) is 1.38. The molecule has 7 nitrogen and oxygen atoms in total. The number of halogens is 3. The number of amides is 2. The lowest BCUT2D eigenvalue weighted by Crippen LogP contribution is -2.55. The van der Waals surface area contributed by atoms with E-state index < -0.39 is 40.9 Å². The number of carbonyl (C=O) groups is 2. The Morgan fingerprint density at radius 3 is 2.56 bits per heavy atom. The summed E-state index contributed by atoms with van der Waals surface area (Å²) in [6.07, 6.45) is -0.228. The first-order valence-corrected chi connectivity index (χ1v) is 10.0. The topological polar surface area (TPSA) is 89.3 Å². The average Bonchev–Trinajstić information content (AvgIpc) is 2.99. The molecule has 4 rings (SSSR count). The maximum Gasteiger partial charge on any atom is 0.266 e. The summed E-state index contributed by atoms with van der Waals surface area (Å²) in [6.45, 7) is 0. The van der Waals surface area contributed by atoms with Crippen molar-refractivity contribution in [2.45, 2.75) is 31.2 Å². The number of rotatable bonds is 4. The van der Waals surface area contributed by atoms with Crippen molar-refractivity contribution in [2.24, 2.45) is 0 Å². The molecule has 1 aliphatic carbocycles. The fourth-order valence-electron chi connectivity index (χ4n) is 4.02. The third kappa shape index (κ3) is 3.10. The second-order valence-corrected chi connectivity index (χ2v) is 7.80.